The smallest absolute Gasteiger partial charge is 0.169 e. The summed E-state index contributed by atoms with van der Waals surface area (Å²) in [4.78, 5) is 0. The number of aryl methyl sites for hydroxylation is 3. The third-order valence-corrected chi connectivity index (χ3v) is 3.03. The maximum absolute atomic E-state index is 5.46. The van der Waals surface area contributed by atoms with E-state index in [4.69, 9.17) is 9.47 Å². The van der Waals surface area contributed by atoms with E-state index in [0.29, 0.717) is 0 Å². The van der Waals surface area contributed by atoms with Crippen LogP contribution in [0, 0.1) is 13.8 Å². The molecule has 1 aromatic heterocycles. The maximum atomic E-state index is 5.46. The molecule has 102 valence electrons. The van der Waals surface area contributed by atoms with Crippen LogP contribution in [-0.4, -0.2) is 42.4 Å². The number of rotatable bonds is 6. The van der Waals surface area contributed by atoms with Gasteiger partial charge in [-0.15, -0.1) is 0 Å². The zero-order valence-electron chi connectivity index (χ0n) is 11.3. The van der Waals surface area contributed by atoms with Gasteiger partial charge in [-0.05, 0) is 39.3 Å². The first-order valence-corrected chi connectivity index (χ1v) is 6.70. The molecule has 1 aliphatic rings. The van der Waals surface area contributed by atoms with Gasteiger partial charge in [-0.25, -0.2) is 0 Å². The molecular formula is C13H23N3O2. The van der Waals surface area contributed by atoms with Gasteiger partial charge in [0, 0.05) is 18.8 Å². The monoisotopic (exact) mass is 253 g/mol. The molecule has 1 aromatic rings. The summed E-state index contributed by atoms with van der Waals surface area (Å²) < 4.78 is 13.0. The third-order valence-electron chi connectivity index (χ3n) is 3.03. The fraction of sp³-hybridized carbons (Fsp3) is 0.769. The van der Waals surface area contributed by atoms with E-state index < -0.39 is 0 Å². The topological polar surface area (TPSA) is 48.3 Å². The van der Waals surface area contributed by atoms with Crippen molar-refractivity contribution in [1.82, 2.24) is 15.1 Å². The minimum atomic E-state index is -0.0626. The van der Waals surface area contributed by atoms with E-state index in [2.05, 4.69) is 28.1 Å². The molecule has 5 nitrogen and oxygen atoms in total. The van der Waals surface area contributed by atoms with Gasteiger partial charge in [0.15, 0.2) is 6.29 Å². The van der Waals surface area contributed by atoms with Crippen molar-refractivity contribution in [1.29, 1.82) is 0 Å². The first kappa shape index (κ1) is 13.5. The lowest BCUT2D eigenvalue weighted by molar-refractivity contribution is -0.175. The van der Waals surface area contributed by atoms with E-state index in [9.17, 15) is 0 Å². The fourth-order valence-electron chi connectivity index (χ4n) is 2.13. The second-order valence-electron chi connectivity index (χ2n) is 4.73. The lowest BCUT2D eigenvalue weighted by Gasteiger charge is -2.23. The van der Waals surface area contributed by atoms with E-state index in [0.717, 1.165) is 51.4 Å². The first-order chi connectivity index (χ1) is 8.75. The molecule has 0 amide bonds. The number of aromatic nitrogens is 2. The third kappa shape index (κ3) is 4.08. The van der Waals surface area contributed by atoms with Crippen LogP contribution >= 0.6 is 0 Å². The van der Waals surface area contributed by atoms with Crippen molar-refractivity contribution >= 4 is 0 Å². The normalized spacial score (nSPS) is 17.2. The summed E-state index contributed by atoms with van der Waals surface area (Å²) in [5.41, 5.74) is 2.32. The molecule has 0 atom stereocenters. The number of nitrogens with one attached hydrogen (secondary N) is 1. The minimum Gasteiger partial charge on any atom is -0.351 e. The lowest BCUT2D eigenvalue weighted by Crippen LogP contribution is -2.35. The Morgan fingerprint density at radius 1 is 1.39 bits per heavy atom. The molecule has 0 radical (unpaired) electrons. The minimum absolute atomic E-state index is 0.0626. The predicted octanol–water partition coefficient (Wildman–Crippen LogP) is 1.24. The molecular weight excluding hydrogens is 230 g/mol. The molecule has 2 rings (SSSR count). The molecule has 1 aliphatic heterocycles. The summed E-state index contributed by atoms with van der Waals surface area (Å²) in [5.74, 6) is 0. The Labute approximate surface area is 108 Å². The molecule has 0 unspecified atom stereocenters. The second kappa shape index (κ2) is 6.87. The summed E-state index contributed by atoms with van der Waals surface area (Å²) in [6.45, 7) is 8.45. The van der Waals surface area contributed by atoms with E-state index in [1.807, 2.05) is 6.92 Å². The maximum Gasteiger partial charge on any atom is 0.169 e. The van der Waals surface area contributed by atoms with Gasteiger partial charge in [-0.2, -0.15) is 5.10 Å². The van der Waals surface area contributed by atoms with Crippen molar-refractivity contribution in [2.75, 3.05) is 26.3 Å². The Bertz CT molecular complexity index is 359. The van der Waals surface area contributed by atoms with E-state index >= 15 is 0 Å². The molecule has 1 saturated heterocycles. The van der Waals surface area contributed by atoms with Gasteiger partial charge in [-0.1, -0.05) is 0 Å². The molecule has 0 bridgehead atoms. The first-order valence-electron chi connectivity index (χ1n) is 6.70. The van der Waals surface area contributed by atoms with Crippen LogP contribution in [0.25, 0.3) is 0 Å². The Kier molecular flexibility index (Phi) is 5.16. The van der Waals surface area contributed by atoms with Crippen molar-refractivity contribution in [3.63, 3.8) is 0 Å². The molecule has 0 spiro atoms. The standard InChI is InChI=1S/C13H23N3O2/c1-11-9-12(2)16(15-11)6-3-5-14-10-13-17-7-4-8-18-13/h9,13-14H,3-8,10H2,1-2H3. The second-order valence-corrected chi connectivity index (χ2v) is 4.73. The van der Waals surface area contributed by atoms with Crippen LogP contribution in [0.3, 0.4) is 0 Å². The van der Waals surface area contributed by atoms with Crippen molar-refractivity contribution in [3.05, 3.63) is 17.5 Å². The van der Waals surface area contributed by atoms with Gasteiger partial charge in [0.05, 0.1) is 18.9 Å². The molecule has 1 N–H and O–H groups in total. The number of hydrogen-bond donors (Lipinski definition) is 1. The zero-order chi connectivity index (χ0) is 12.8. The van der Waals surface area contributed by atoms with Crippen LogP contribution in [-0.2, 0) is 16.0 Å². The summed E-state index contributed by atoms with van der Waals surface area (Å²) in [6.07, 6.45) is 2.01. The van der Waals surface area contributed by atoms with E-state index in [-0.39, 0.29) is 6.29 Å². The van der Waals surface area contributed by atoms with Gasteiger partial charge in [0.1, 0.15) is 0 Å². The number of ether oxygens (including phenoxy) is 2. The van der Waals surface area contributed by atoms with Crippen LogP contribution in [0.15, 0.2) is 6.07 Å². The number of nitrogens with zero attached hydrogens (tertiary/aromatic N) is 2. The lowest BCUT2D eigenvalue weighted by atomic mass is 10.3. The Hall–Kier alpha value is -0.910. The molecule has 5 heteroatoms. The largest absolute Gasteiger partial charge is 0.351 e. The van der Waals surface area contributed by atoms with E-state index in [1.165, 1.54) is 5.69 Å². The van der Waals surface area contributed by atoms with Crippen LogP contribution in [0.1, 0.15) is 24.2 Å². The van der Waals surface area contributed by atoms with Gasteiger partial charge in [0.25, 0.3) is 0 Å². The molecule has 18 heavy (non-hydrogen) atoms. The summed E-state index contributed by atoms with van der Waals surface area (Å²) >= 11 is 0. The SMILES string of the molecule is Cc1cc(C)n(CCCNCC2OCCCO2)n1. The van der Waals surface area contributed by atoms with Crippen molar-refractivity contribution < 1.29 is 9.47 Å². The zero-order valence-corrected chi connectivity index (χ0v) is 11.3. The van der Waals surface area contributed by atoms with Gasteiger partial charge >= 0.3 is 0 Å². The Morgan fingerprint density at radius 3 is 2.83 bits per heavy atom. The highest BCUT2D eigenvalue weighted by Gasteiger charge is 2.12. The summed E-state index contributed by atoms with van der Waals surface area (Å²) in [6, 6.07) is 2.11. The Morgan fingerprint density at radius 2 is 2.17 bits per heavy atom. The highest BCUT2D eigenvalue weighted by atomic mass is 16.7. The quantitative estimate of drug-likeness (QED) is 0.775. The highest BCUT2D eigenvalue weighted by Crippen LogP contribution is 2.04. The van der Waals surface area contributed by atoms with Crippen LogP contribution in [0.4, 0.5) is 0 Å². The molecule has 0 saturated carbocycles. The van der Waals surface area contributed by atoms with Gasteiger partial charge < -0.3 is 14.8 Å². The van der Waals surface area contributed by atoms with Crippen LogP contribution in [0.5, 0.6) is 0 Å². The average molecular weight is 253 g/mol. The van der Waals surface area contributed by atoms with Crippen LogP contribution in [0.2, 0.25) is 0 Å². The van der Waals surface area contributed by atoms with Crippen molar-refractivity contribution in [2.24, 2.45) is 0 Å². The fourth-order valence-corrected chi connectivity index (χ4v) is 2.13. The van der Waals surface area contributed by atoms with Crippen LogP contribution < -0.4 is 5.32 Å². The summed E-state index contributed by atoms with van der Waals surface area (Å²) in [7, 11) is 0. The molecule has 2 heterocycles. The van der Waals surface area contributed by atoms with Crippen molar-refractivity contribution in [2.45, 2.75) is 39.5 Å². The highest BCUT2D eigenvalue weighted by molar-refractivity contribution is 5.06. The average Bonchev–Trinajstić information content (AvgIpc) is 2.69. The van der Waals surface area contributed by atoms with E-state index in [1.54, 1.807) is 0 Å². The van der Waals surface area contributed by atoms with Gasteiger partial charge in [-0.3, -0.25) is 4.68 Å². The molecule has 0 aromatic carbocycles. The number of hydrogen-bond acceptors (Lipinski definition) is 4. The molecule has 0 aliphatic carbocycles. The van der Waals surface area contributed by atoms with Gasteiger partial charge in [0.2, 0.25) is 0 Å². The van der Waals surface area contributed by atoms with Crippen molar-refractivity contribution in [3.8, 4) is 0 Å². The molecule has 1 fully saturated rings. The predicted molar refractivity (Wildman–Crippen MR) is 69.5 cm³/mol. The Balaban J connectivity index is 1.57. The summed E-state index contributed by atoms with van der Waals surface area (Å²) in [5, 5.41) is 7.80.